The van der Waals surface area contributed by atoms with E-state index >= 15 is 0 Å². The summed E-state index contributed by atoms with van der Waals surface area (Å²) in [7, 11) is 0. The van der Waals surface area contributed by atoms with Crippen molar-refractivity contribution in [2.45, 2.75) is 12.8 Å². The van der Waals surface area contributed by atoms with Gasteiger partial charge in [-0.15, -0.1) is 0 Å². The number of carbonyl (C=O) groups is 1. The first-order chi connectivity index (χ1) is 9.54. The highest BCUT2D eigenvalue weighted by Crippen LogP contribution is 2.30. The quantitative estimate of drug-likeness (QED) is 0.688. The highest BCUT2D eigenvalue weighted by Gasteiger charge is 2.25. The van der Waals surface area contributed by atoms with E-state index in [1.165, 1.54) is 0 Å². The normalized spacial score (nSPS) is 11.7. The molecule has 1 unspecified atom stereocenters. The third kappa shape index (κ3) is 3.00. The van der Waals surface area contributed by atoms with Crippen molar-refractivity contribution >= 4 is 37.6 Å². The van der Waals surface area contributed by atoms with Crippen LogP contribution in [0.4, 0.5) is 0 Å². The van der Waals surface area contributed by atoms with Crippen molar-refractivity contribution in [3.8, 4) is 6.07 Å². The molecular weight excluding hydrogens is 382 g/mol. The van der Waals surface area contributed by atoms with Crippen LogP contribution >= 0.6 is 31.9 Å². The maximum absolute atomic E-state index is 12.6. The number of benzene rings is 2. The number of carbonyl (C=O) groups excluding carboxylic acids is 1. The fraction of sp³-hybridized carbons (Fsp3) is 0.125. The summed E-state index contributed by atoms with van der Waals surface area (Å²) in [5, 5.41) is 9.39. The fourth-order valence-corrected chi connectivity index (χ4v) is 2.92. The van der Waals surface area contributed by atoms with Crippen LogP contribution in [0.5, 0.6) is 0 Å². The third-order valence-corrected chi connectivity index (χ3v) is 4.41. The number of Topliss-reactive ketones (excluding diaryl/α,β-unsaturated/α-hetero) is 1. The molecule has 0 aliphatic carbocycles. The molecule has 2 rings (SSSR count). The van der Waals surface area contributed by atoms with E-state index in [2.05, 4.69) is 37.9 Å². The van der Waals surface area contributed by atoms with E-state index in [-0.39, 0.29) is 5.78 Å². The van der Waals surface area contributed by atoms with Crippen LogP contribution < -0.4 is 0 Å². The van der Waals surface area contributed by atoms with Gasteiger partial charge in [0.1, 0.15) is 5.92 Å². The monoisotopic (exact) mass is 391 g/mol. The van der Waals surface area contributed by atoms with Crippen molar-refractivity contribution in [3.05, 3.63) is 68.1 Å². The molecule has 0 radical (unpaired) electrons. The van der Waals surface area contributed by atoms with Gasteiger partial charge in [-0.2, -0.15) is 5.26 Å². The number of hydrogen-bond donors (Lipinski definition) is 0. The van der Waals surface area contributed by atoms with Gasteiger partial charge in [-0.25, -0.2) is 0 Å². The second kappa shape index (κ2) is 6.34. The molecular formula is C16H11Br2NO. The maximum Gasteiger partial charge on any atom is 0.185 e. The van der Waals surface area contributed by atoms with Crippen LogP contribution in [0.25, 0.3) is 0 Å². The SMILES string of the molecule is Cc1ccc(Br)c(C(=O)C(C#N)c2ccccc2Br)c1. The average Bonchev–Trinajstić information content (AvgIpc) is 2.44. The Morgan fingerprint density at radius 1 is 1.15 bits per heavy atom. The van der Waals surface area contributed by atoms with E-state index in [0.717, 1.165) is 10.0 Å². The number of nitriles is 1. The van der Waals surface area contributed by atoms with Crippen molar-refractivity contribution in [1.82, 2.24) is 0 Å². The predicted octanol–water partition coefficient (Wildman–Crippen LogP) is 5.01. The summed E-state index contributed by atoms with van der Waals surface area (Å²) in [6.45, 7) is 1.92. The molecule has 0 bridgehead atoms. The van der Waals surface area contributed by atoms with Gasteiger partial charge in [-0.1, -0.05) is 61.7 Å². The fourth-order valence-electron chi connectivity index (χ4n) is 1.96. The number of aryl methyl sites for hydroxylation is 1. The number of halogens is 2. The summed E-state index contributed by atoms with van der Waals surface area (Å²) in [5.74, 6) is -1.02. The Balaban J connectivity index is 2.48. The molecule has 0 fully saturated rings. The summed E-state index contributed by atoms with van der Waals surface area (Å²) in [6.07, 6.45) is 0. The average molecular weight is 393 g/mol. The molecule has 20 heavy (non-hydrogen) atoms. The second-order valence-electron chi connectivity index (χ2n) is 4.43. The van der Waals surface area contributed by atoms with Crippen molar-refractivity contribution < 1.29 is 4.79 Å². The molecule has 1 atom stereocenters. The standard InChI is InChI=1S/C16H11Br2NO/c1-10-6-7-15(18)12(8-10)16(20)13(9-19)11-4-2-3-5-14(11)17/h2-8,13H,1H3. The first-order valence-electron chi connectivity index (χ1n) is 5.99. The van der Waals surface area contributed by atoms with Crippen molar-refractivity contribution in [1.29, 1.82) is 5.26 Å². The van der Waals surface area contributed by atoms with E-state index in [9.17, 15) is 10.1 Å². The number of nitrogens with zero attached hydrogens (tertiary/aromatic N) is 1. The van der Waals surface area contributed by atoms with E-state index < -0.39 is 5.92 Å². The summed E-state index contributed by atoms with van der Waals surface area (Å²) < 4.78 is 1.48. The minimum atomic E-state index is -0.816. The summed E-state index contributed by atoms with van der Waals surface area (Å²) in [5.41, 5.74) is 2.21. The third-order valence-electron chi connectivity index (χ3n) is 2.99. The van der Waals surface area contributed by atoms with Crippen molar-refractivity contribution in [2.75, 3.05) is 0 Å². The van der Waals surface area contributed by atoms with E-state index in [1.807, 2.05) is 37.3 Å². The Kier molecular flexibility index (Phi) is 4.74. The van der Waals surface area contributed by atoms with Crippen LogP contribution in [0.1, 0.15) is 27.4 Å². The molecule has 0 spiro atoms. The zero-order chi connectivity index (χ0) is 14.7. The zero-order valence-corrected chi connectivity index (χ0v) is 13.9. The molecule has 0 aromatic heterocycles. The first-order valence-corrected chi connectivity index (χ1v) is 7.57. The van der Waals surface area contributed by atoms with Crippen LogP contribution in [0, 0.1) is 18.3 Å². The van der Waals surface area contributed by atoms with Gasteiger partial charge in [0.05, 0.1) is 6.07 Å². The molecule has 4 heteroatoms. The summed E-state index contributed by atoms with van der Waals surface area (Å²) in [4.78, 5) is 12.6. The van der Waals surface area contributed by atoms with Crippen molar-refractivity contribution in [3.63, 3.8) is 0 Å². The Hall–Kier alpha value is -1.44. The Morgan fingerprint density at radius 2 is 1.85 bits per heavy atom. The molecule has 0 saturated heterocycles. The molecule has 0 heterocycles. The minimum absolute atomic E-state index is 0.199. The minimum Gasteiger partial charge on any atom is -0.292 e. The van der Waals surface area contributed by atoms with Gasteiger partial charge in [0.15, 0.2) is 5.78 Å². The highest BCUT2D eigenvalue weighted by molar-refractivity contribution is 9.10. The lowest BCUT2D eigenvalue weighted by Gasteiger charge is -2.12. The van der Waals surface area contributed by atoms with Crippen LogP contribution in [0.2, 0.25) is 0 Å². The molecule has 2 aromatic rings. The van der Waals surface area contributed by atoms with E-state index in [0.29, 0.717) is 15.6 Å². The lowest BCUT2D eigenvalue weighted by molar-refractivity contribution is 0.0978. The van der Waals surface area contributed by atoms with Gasteiger partial charge in [0.2, 0.25) is 0 Å². The first kappa shape index (κ1) is 15.0. The number of hydrogen-bond acceptors (Lipinski definition) is 2. The lowest BCUT2D eigenvalue weighted by Crippen LogP contribution is -2.12. The van der Waals surface area contributed by atoms with Crippen LogP contribution in [0.3, 0.4) is 0 Å². The van der Waals surface area contributed by atoms with E-state index in [4.69, 9.17) is 0 Å². The smallest absolute Gasteiger partial charge is 0.185 e. The zero-order valence-electron chi connectivity index (χ0n) is 10.7. The van der Waals surface area contributed by atoms with Gasteiger partial charge in [-0.05, 0) is 30.7 Å². The topological polar surface area (TPSA) is 40.9 Å². The molecule has 100 valence electrons. The molecule has 0 saturated carbocycles. The lowest BCUT2D eigenvalue weighted by atomic mass is 9.91. The van der Waals surface area contributed by atoms with Gasteiger partial charge < -0.3 is 0 Å². The van der Waals surface area contributed by atoms with Crippen LogP contribution in [0.15, 0.2) is 51.4 Å². The van der Waals surface area contributed by atoms with Gasteiger partial charge in [0.25, 0.3) is 0 Å². The Bertz CT molecular complexity index is 704. The van der Waals surface area contributed by atoms with Gasteiger partial charge >= 0.3 is 0 Å². The molecule has 0 aliphatic heterocycles. The Labute approximate surface area is 134 Å². The summed E-state index contributed by atoms with van der Waals surface area (Å²) >= 11 is 6.77. The number of ketones is 1. The second-order valence-corrected chi connectivity index (χ2v) is 6.14. The van der Waals surface area contributed by atoms with Crippen LogP contribution in [-0.4, -0.2) is 5.78 Å². The molecule has 0 N–H and O–H groups in total. The maximum atomic E-state index is 12.6. The highest BCUT2D eigenvalue weighted by atomic mass is 79.9. The van der Waals surface area contributed by atoms with E-state index in [1.54, 1.807) is 12.1 Å². The van der Waals surface area contributed by atoms with Crippen LogP contribution in [-0.2, 0) is 0 Å². The Morgan fingerprint density at radius 3 is 2.50 bits per heavy atom. The molecule has 0 aliphatic rings. The largest absolute Gasteiger partial charge is 0.292 e. The molecule has 0 amide bonds. The number of rotatable bonds is 3. The molecule has 2 nitrogen and oxygen atoms in total. The van der Waals surface area contributed by atoms with Gasteiger partial charge in [-0.3, -0.25) is 4.79 Å². The summed E-state index contributed by atoms with van der Waals surface area (Å²) in [6, 6.07) is 15.0. The predicted molar refractivity (Wildman–Crippen MR) is 85.7 cm³/mol. The van der Waals surface area contributed by atoms with Gasteiger partial charge in [0, 0.05) is 14.5 Å². The van der Waals surface area contributed by atoms with Crippen molar-refractivity contribution in [2.24, 2.45) is 0 Å². The molecule has 2 aromatic carbocycles.